The molecule has 1 aliphatic carbocycles. The number of nitrogens with zero attached hydrogens (tertiary/aromatic N) is 2. The summed E-state index contributed by atoms with van der Waals surface area (Å²) < 4.78 is 0. The third-order valence-electron chi connectivity index (χ3n) is 6.24. The van der Waals surface area contributed by atoms with Gasteiger partial charge in [-0.15, -0.1) is 0 Å². The van der Waals surface area contributed by atoms with Crippen LogP contribution >= 0.6 is 11.3 Å². The van der Waals surface area contributed by atoms with E-state index in [9.17, 15) is 14.4 Å². The molecule has 3 aliphatic rings. The molecule has 3 fully saturated rings. The monoisotopic (exact) mass is 389 g/mol. The van der Waals surface area contributed by atoms with E-state index in [-0.39, 0.29) is 23.8 Å². The molecule has 3 unspecified atom stereocenters. The lowest BCUT2D eigenvalue weighted by molar-refractivity contribution is -0.141. The average Bonchev–Trinajstić information content (AvgIpc) is 3.11. The summed E-state index contributed by atoms with van der Waals surface area (Å²) in [7, 11) is 0. The van der Waals surface area contributed by atoms with Gasteiger partial charge in [0, 0.05) is 32.6 Å². The van der Waals surface area contributed by atoms with Gasteiger partial charge in [0.1, 0.15) is 6.04 Å². The second kappa shape index (κ2) is 7.62. The summed E-state index contributed by atoms with van der Waals surface area (Å²) in [6.07, 6.45) is 2.48. The van der Waals surface area contributed by atoms with E-state index in [1.54, 1.807) is 16.2 Å². The Morgan fingerprint density at radius 2 is 2.07 bits per heavy atom. The summed E-state index contributed by atoms with van der Waals surface area (Å²) in [5.41, 5.74) is 1.06. The number of piperidine rings is 1. The summed E-state index contributed by atoms with van der Waals surface area (Å²) in [5.74, 6) is 1.83. The van der Waals surface area contributed by atoms with Crippen molar-refractivity contribution in [2.75, 3.05) is 26.2 Å². The molecule has 0 radical (unpaired) electrons. The molecular formula is C20H27N3O3S. The normalized spacial score (nSPS) is 29.1. The fourth-order valence-electron chi connectivity index (χ4n) is 4.73. The van der Waals surface area contributed by atoms with E-state index >= 15 is 0 Å². The third kappa shape index (κ3) is 3.74. The molecule has 1 aromatic rings. The van der Waals surface area contributed by atoms with E-state index in [2.05, 4.69) is 5.32 Å². The minimum Gasteiger partial charge on any atom is -0.356 e. The van der Waals surface area contributed by atoms with Gasteiger partial charge in [-0.05, 0) is 53.0 Å². The predicted octanol–water partition coefficient (Wildman–Crippen LogP) is 1.51. The Bertz CT molecular complexity index is 708. The first kappa shape index (κ1) is 18.5. The maximum atomic E-state index is 12.9. The van der Waals surface area contributed by atoms with Crippen molar-refractivity contribution in [2.45, 2.75) is 38.6 Å². The molecule has 3 heterocycles. The number of fused-ring (bicyclic) bond motifs is 1. The molecule has 27 heavy (non-hydrogen) atoms. The van der Waals surface area contributed by atoms with Crippen molar-refractivity contribution in [1.82, 2.24) is 15.1 Å². The zero-order valence-electron chi connectivity index (χ0n) is 15.7. The Morgan fingerprint density at radius 1 is 1.30 bits per heavy atom. The quantitative estimate of drug-likeness (QED) is 0.769. The van der Waals surface area contributed by atoms with Crippen LogP contribution in [-0.4, -0.2) is 59.7 Å². The van der Waals surface area contributed by atoms with Gasteiger partial charge in [-0.1, -0.05) is 6.92 Å². The highest BCUT2D eigenvalue weighted by atomic mass is 32.1. The van der Waals surface area contributed by atoms with E-state index in [1.807, 2.05) is 28.7 Å². The summed E-state index contributed by atoms with van der Waals surface area (Å²) in [4.78, 5) is 40.6. The lowest BCUT2D eigenvalue weighted by Crippen LogP contribution is -2.47. The minimum atomic E-state index is -0.251. The number of carbonyl (C=O) groups is 3. The van der Waals surface area contributed by atoms with Crippen LogP contribution in [-0.2, 0) is 20.8 Å². The maximum Gasteiger partial charge on any atom is 0.245 e. The molecule has 0 spiro atoms. The molecule has 6 nitrogen and oxygen atoms in total. The Morgan fingerprint density at radius 3 is 2.74 bits per heavy atom. The zero-order chi connectivity index (χ0) is 19.0. The minimum absolute atomic E-state index is 0.0750. The second-order valence-corrected chi connectivity index (χ2v) is 8.77. The first-order chi connectivity index (χ1) is 13.1. The van der Waals surface area contributed by atoms with Gasteiger partial charge in [0.15, 0.2) is 0 Å². The summed E-state index contributed by atoms with van der Waals surface area (Å²) in [6, 6.07) is 1.73. The molecule has 0 bridgehead atoms. The van der Waals surface area contributed by atoms with Crippen molar-refractivity contribution in [3.8, 4) is 0 Å². The van der Waals surface area contributed by atoms with Gasteiger partial charge in [0.05, 0.1) is 6.42 Å². The van der Waals surface area contributed by atoms with Crippen molar-refractivity contribution in [3.05, 3.63) is 22.4 Å². The van der Waals surface area contributed by atoms with Crippen LogP contribution in [0.15, 0.2) is 16.8 Å². The highest BCUT2D eigenvalue weighted by molar-refractivity contribution is 7.08. The van der Waals surface area contributed by atoms with Gasteiger partial charge >= 0.3 is 0 Å². The number of rotatable bonds is 7. The number of carbonyl (C=O) groups excluding carboxylic acids is 3. The zero-order valence-corrected chi connectivity index (χ0v) is 16.5. The first-order valence-corrected chi connectivity index (χ1v) is 10.9. The molecule has 146 valence electrons. The lowest BCUT2D eigenvalue weighted by atomic mass is 10.1. The van der Waals surface area contributed by atoms with E-state index in [1.165, 1.54) is 0 Å². The van der Waals surface area contributed by atoms with Crippen LogP contribution in [0.25, 0.3) is 0 Å². The number of likely N-dealkylation sites (tertiary alicyclic amines) is 2. The molecule has 1 aromatic heterocycles. The van der Waals surface area contributed by atoms with Gasteiger partial charge in [-0.3, -0.25) is 14.4 Å². The number of hydrogen-bond acceptors (Lipinski definition) is 4. The summed E-state index contributed by atoms with van der Waals surface area (Å²) in [5, 5.41) is 7.04. The fraction of sp³-hybridized carbons (Fsp3) is 0.650. The molecular weight excluding hydrogens is 362 g/mol. The molecule has 1 saturated carbocycles. The van der Waals surface area contributed by atoms with Gasteiger partial charge in [0.25, 0.3) is 0 Å². The third-order valence-corrected chi connectivity index (χ3v) is 6.97. The van der Waals surface area contributed by atoms with Crippen LogP contribution in [0.5, 0.6) is 0 Å². The predicted molar refractivity (Wildman–Crippen MR) is 103 cm³/mol. The number of hydrogen-bond donors (Lipinski definition) is 1. The summed E-state index contributed by atoms with van der Waals surface area (Å²) >= 11 is 1.61. The highest BCUT2D eigenvalue weighted by Crippen LogP contribution is 2.51. The Labute approximate surface area is 163 Å². The second-order valence-electron chi connectivity index (χ2n) is 7.99. The largest absolute Gasteiger partial charge is 0.356 e. The smallest absolute Gasteiger partial charge is 0.245 e. The Hall–Kier alpha value is -1.89. The highest BCUT2D eigenvalue weighted by Gasteiger charge is 2.57. The molecule has 2 saturated heterocycles. The van der Waals surface area contributed by atoms with Crippen molar-refractivity contribution in [1.29, 1.82) is 0 Å². The topological polar surface area (TPSA) is 69.7 Å². The van der Waals surface area contributed by atoms with E-state index in [0.29, 0.717) is 50.1 Å². The molecule has 0 aromatic carbocycles. The van der Waals surface area contributed by atoms with Gasteiger partial charge < -0.3 is 15.1 Å². The fourth-order valence-corrected chi connectivity index (χ4v) is 5.40. The SMILES string of the molecule is CCCN1C(=O)CCC1C(=O)N1CC2C(CNC(=O)Cc3ccsc3)C2C1. The van der Waals surface area contributed by atoms with Crippen LogP contribution in [0.2, 0.25) is 0 Å². The first-order valence-electron chi connectivity index (χ1n) is 9.94. The lowest BCUT2D eigenvalue weighted by Gasteiger charge is -2.29. The number of thiophene rings is 1. The standard InChI is InChI=1S/C20H27N3O3S/c1-2-6-23-17(3-4-19(23)25)20(26)22-10-15-14(16(15)11-22)9-21-18(24)8-13-5-7-27-12-13/h5,7,12,14-17H,2-4,6,8-11H2,1H3,(H,21,24). The molecule has 3 amide bonds. The van der Waals surface area contributed by atoms with Crippen LogP contribution < -0.4 is 5.32 Å². The molecule has 7 heteroatoms. The Balaban J connectivity index is 1.22. The van der Waals surface area contributed by atoms with Crippen molar-refractivity contribution in [3.63, 3.8) is 0 Å². The maximum absolute atomic E-state index is 12.9. The van der Waals surface area contributed by atoms with Crippen molar-refractivity contribution >= 4 is 29.1 Å². The van der Waals surface area contributed by atoms with Crippen LogP contribution in [0, 0.1) is 17.8 Å². The van der Waals surface area contributed by atoms with Crippen LogP contribution in [0.4, 0.5) is 0 Å². The van der Waals surface area contributed by atoms with Gasteiger partial charge in [-0.2, -0.15) is 11.3 Å². The summed E-state index contributed by atoms with van der Waals surface area (Å²) in [6.45, 7) is 4.98. The van der Waals surface area contributed by atoms with E-state index in [4.69, 9.17) is 0 Å². The van der Waals surface area contributed by atoms with E-state index in [0.717, 1.165) is 25.1 Å². The number of nitrogens with one attached hydrogen (secondary N) is 1. The van der Waals surface area contributed by atoms with Crippen molar-refractivity contribution in [2.24, 2.45) is 17.8 Å². The molecule has 4 rings (SSSR count). The number of amides is 3. The molecule has 2 aliphatic heterocycles. The molecule has 1 N–H and O–H groups in total. The molecule has 3 atom stereocenters. The Kier molecular flexibility index (Phi) is 5.21. The van der Waals surface area contributed by atoms with Crippen LogP contribution in [0.1, 0.15) is 31.7 Å². The van der Waals surface area contributed by atoms with Crippen LogP contribution in [0.3, 0.4) is 0 Å². The van der Waals surface area contributed by atoms with Crippen molar-refractivity contribution < 1.29 is 14.4 Å². The van der Waals surface area contributed by atoms with Gasteiger partial charge in [0.2, 0.25) is 17.7 Å². The average molecular weight is 390 g/mol. The van der Waals surface area contributed by atoms with E-state index < -0.39 is 0 Å². The van der Waals surface area contributed by atoms with Gasteiger partial charge in [-0.25, -0.2) is 0 Å².